The molecule has 0 unspecified atom stereocenters. The molecule has 0 aliphatic carbocycles. The van der Waals surface area contributed by atoms with Gasteiger partial charge in [-0.25, -0.2) is 0 Å². The lowest BCUT2D eigenvalue weighted by molar-refractivity contribution is -0.123. The zero-order valence-electron chi connectivity index (χ0n) is 15.5. The van der Waals surface area contributed by atoms with Crippen LogP contribution in [0.4, 0.5) is 0 Å². The van der Waals surface area contributed by atoms with Gasteiger partial charge in [0.25, 0.3) is 17.7 Å². The Bertz CT molecular complexity index is 963. The fourth-order valence-electron chi connectivity index (χ4n) is 2.66. The van der Waals surface area contributed by atoms with Crippen LogP contribution in [0.5, 0.6) is 0 Å². The SMILES string of the molecule is O=C(NNC(=O)[C@@H](Cc1ccccc1)NC(=O)c1ccccc1)c1cccnc1. The highest BCUT2D eigenvalue weighted by atomic mass is 16.2. The summed E-state index contributed by atoms with van der Waals surface area (Å²) in [7, 11) is 0. The predicted molar refractivity (Wildman–Crippen MR) is 108 cm³/mol. The van der Waals surface area contributed by atoms with Crippen LogP contribution in [-0.2, 0) is 11.2 Å². The number of nitrogens with zero attached hydrogens (tertiary/aromatic N) is 1. The van der Waals surface area contributed by atoms with E-state index in [1.54, 1.807) is 48.7 Å². The third-order valence-corrected chi connectivity index (χ3v) is 4.16. The van der Waals surface area contributed by atoms with Crippen molar-refractivity contribution < 1.29 is 14.4 Å². The lowest BCUT2D eigenvalue weighted by atomic mass is 10.0. The van der Waals surface area contributed by atoms with Gasteiger partial charge in [-0.2, -0.15) is 0 Å². The number of rotatable bonds is 6. The van der Waals surface area contributed by atoms with E-state index in [1.807, 2.05) is 30.3 Å². The van der Waals surface area contributed by atoms with E-state index in [9.17, 15) is 14.4 Å². The standard InChI is InChI=1S/C22H20N4O3/c27-20(17-10-5-2-6-11-17)24-19(14-16-8-3-1-4-9-16)22(29)26-25-21(28)18-12-7-13-23-15-18/h1-13,15,19H,14H2,(H,24,27)(H,25,28)(H,26,29)/t19-/m1/s1. The maximum absolute atomic E-state index is 12.7. The van der Waals surface area contributed by atoms with Gasteiger partial charge in [0.2, 0.25) is 0 Å². The predicted octanol–water partition coefficient (Wildman–Crippen LogP) is 1.88. The second-order valence-electron chi connectivity index (χ2n) is 6.27. The van der Waals surface area contributed by atoms with Gasteiger partial charge in [-0.15, -0.1) is 0 Å². The summed E-state index contributed by atoms with van der Waals surface area (Å²) in [5.74, 6) is -1.41. The minimum absolute atomic E-state index is 0.272. The first-order chi connectivity index (χ1) is 14.1. The molecule has 7 heteroatoms. The van der Waals surface area contributed by atoms with E-state index in [0.29, 0.717) is 11.1 Å². The van der Waals surface area contributed by atoms with Gasteiger partial charge in [-0.3, -0.25) is 30.2 Å². The van der Waals surface area contributed by atoms with Crippen molar-refractivity contribution in [1.82, 2.24) is 21.2 Å². The Morgan fingerprint density at radius 2 is 1.41 bits per heavy atom. The molecule has 0 fully saturated rings. The number of hydrogen-bond acceptors (Lipinski definition) is 4. The van der Waals surface area contributed by atoms with Crippen LogP contribution in [0.15, 0.2) is 85.2 Å². The molecule has 0 saturated carbocycles. The summed E-state index contributed by atoms with van der Waals surface area (Å²) in [6.07, 6.45) is 3.21. The van der Waals surface area contributed by atoms with Crippen molar-refractivity contribution in [2.75, 3.05) is 0 Å². The first-order valence-corrected chi connectivity index (χ1v) is 9.03. The molecule has 0 spiro atoms. The molecule has 1 atom stereocenters. The molecule has 1 heterocycles. The highest BCUT2D eigenvalue weighted by molar-refractivity contribution is 5.99. The number of nitrogens with one attached hydrogen (secondary N) is 3. The zero-order chi connectivity index (χ0) is 20.5. The lowest BCUT2D eigenvalue weighted by Gasteiger charge is -2.19. The third kappa shape index (κ3) is 5.74. The van der Waals surface area contributed by atoms with Gasteiger partial charge in [-0.1, -0.05) is 48.5 Å². The Morgan fingerprint density at radius 1 is 0.759 bits per heavy atom. The number of benzene rings is 2. The van der Waals surface area contributed by atoms with E-state index in [-0.39, 0.29) is 12.3 Å². The number of carbonyl (C=O) groups is 3. The van der Waals surface area contributed by atoms with Crippen LogP contribution >= 0.6 is 0 Å². The largest absolute Gasteiger partial charge is 0.340 e. The van der Waals surface area contributed by atoms with Crippen LogP contribution in [0.25, 0.3) is 0 Å². The van der Waals surface area contributed by atoms with Gasteiger partial charge in [0, 0.05) is 24.4 Å². The average molecular weight is 388 g/mol. The molecule has 146 valence electrons. The Morgan fingerprint density at radius 3 is 2.07 bits per heavy atom. The first-order valence-electron chi connectivity index (χ1n) is 9.03. The Balaban J connectivity index is 1.68. The van der Waals surface area contributed by atoms with Crippen molar-refractivity contribution in [3.05, 3.63) is 102 Å². The fraction of sp³-hybridized carbons (Fsp3) is 0.0909. The second-order valence-corrected chi connectivity index (χ2v) is 6.27. The number of pyridine rings is 1. The van der Waals surface area contributed by atoms with Crippen LogP contribution in [0.1, 0.15) is 26.3 Å². The molecule has 3 aromatic rings. The highest BCUT2D eigenvalue weighted by Gasteiger charge is 2.22. The van der Waals surface area contributed by atoms with Gasteiger partial charge < -0.3 is 5.32 Å². The van der Waals surface area contributed by atoms with Crippen molar-refractivity contribution in [3.63, 3.8) is 0 Å². The first kappa shape index (κ1) is 19.8. The smallest absolute Gasteiger partial charge is 0.271 e. The summed E-state index contributed by atoms with van der Waals surface area (Å²) in [4.78, 5) is 41.2. The maximum atomic E-state index is 12.7. The maximum Gasteiger partial charge on any atom is 0.271 e. The molecule has 0 radical (unpaired) electrons. The molecule has 0 aliphatic rings. The molecule has 3 rings (SSSR count). The number of hydrogen-bond donors (Lipinski definition) is 3. The molecule has 29 heavy (non-hydrogen) atoms. The lowest BCUT2D eigenvalue weighted by Crippen LogP contribution is -2.53. The number of carbonyl (C=O) groups excluding carboxylic acids is 3. The quantitative estimate of drug-likeness (QED) is 0.562. The summed E-state index contributed by atoms with van der Waals surface area (Å²) in [5, 5.41) is 2.73. The third-order valence-electron chi connectivity index (χ3n) is 4.16. The highest BCUT2D eigenvalue weighted by Crippen LogP contribution is 2.06. The molecule has 1 aromatic heterocycles. The van der Waals surface area contributed by atoms with E-state index in [4.69, 9.17) is 0 Å². The van der Waals surface area contributed by atoms with E-state index >= 15 is 0 Å². The monoisotopic (exact) mass is 388 g/mol. The minimum Gasteiger partial charge on any atom is -0.340 e. The van der Waals surface area contributed by atoms with Crippen LogP contribution < -0.4 is 16.2 Å². The summed E-state index contributed by atoms with van der Waals surface area (Å²) < 4.78 is 0. The topological polar surface area (TPSA) is 100 Å². The Kier molecular flexibility index (Phi) is 6.67. The molecule has 0 bridgehead atoms. The Labute approximate surface area is 168 Å². The molecule has 7 nitrogen and oxygen atoms in total. The molecular formula is C22H20N4O3. The molecule has 3 N–H and O–H groups in total. The molecule has 3 amide bonds. The summed E-state index contributed by atoms with van der Waals surface area (Å²) in [5.41, 5.74) is 6.35. The second kappa shape index (κ2) is 9.80. The number of aromatic nitrogens is 1. The molecule has 2 aromatic carbocycles. The van der Waals surface area contributed by atoms with E-state index in [2.05, 4.69) is 21.2 Å². The number of amides is 3. The van der Waals surface area contributed by atoms with E-state index < -0.39 is 17.9 Å². The van der Waals surface area contributed by atoms with Crippen molar-refractivity contribution in [2.45, 2.75) is 12.5 Å². The van der Waals surface area contributed by atoms with E-state index in [0.717, 1.165) is 5.56 Å². The fourth-order valence-corrected chi connectivity index (χ4v) is 2.66. The van der Waals surface area contributed by atoms with Gasteiger partial charge in [0.15, 0.2) is 0 Å². The minimum atomic E-state index is -0.876. The van der Waals surface area contributed by atoms with Crippen molar-refractivity contribution >= 4 is 17.7 Å². The summed E-state index contributed by atoms with van der Waals surface area (Å²) in [6, 6.07) is 20.3. The van der Waals surface area contributed by atoms with Gasteiger partial charge >= 0.3 is 0 Å². The summed E-state index contributed by atoms with van der Waals surface area (Å²) >= 11 is 0. The van der Waals surface area contributed by atoms with Gasteiger partial charge in [-0.05, 0) is 29.8 Å². The molecular weight excluding hydrogens is 368 g/mol. The summed E-state index contributed by atoms with van der Waals surface area (Å²) in [6.45, 7) is 0. The van der Waals surface area contributed by atoms with Gasteiger partial charge in [0.05, 0.1) is 5.56 Å². The van der Waals surface area contributed by atoms with Crippen LogP contribution in [0.3, 0.4) is 0 Å². The number of hydrazine groups is 1. The van der Waals surface area contributed by atoms with Crippen LogP contribution in [0, 0.1) is 0 Å². The zero-order valence-corrected chi connectivity index (χ0v) is 15.5. The van der Waals surface area contributed by atoms with E-state index in [1.165, 1.54) is 6.20 Å². The van der Waals surface area contributed by atoms with Gasteiger partial charge in [0.1, 0.15) is 6.04 Å². The Hall–Kier alpha value is -4.00. The van der Waals surface area contributed by atoms with Crippen LogP contribution in [0.2, 0.25) is 0 Å². The van der Waals surface area contributed by atoms with Crippen molar-refractivity contribution in [1.29, 1.82) is 0 Å². The molecule has 0 saturated heterocycles. The van der Waals surface area contributed by atoms with Crippen molar-refractivity contribution in [3.8, 4) is 0 Å². The van der Waals surface area contributed by atoms with Crippen molar-refractivity contribution in [2.24, 2.45) is 0 Å². The normalized spacial score (nSPS) is 11.2. The van der Waals surface area contributed by atoms with Crippen LogP contribution in [-0.4, -0.2) is 28.7 Å². The molecule has 0 aliphatic heterocycles. The average Bonchev–Trinajstić information content (AvgIpc) is 2.78.